The van der Waals surface area contributed by atoms with Gasteiger partial charge in [-0.1, -0.05) is 20.8 Å². The molecule has 0 aliphatic rings. The van der Waals surface area contributed by atoms with Gasteiger partial charge in [0.05, 0.1) is 6.04 Å². The molecule has 0 spiro atoms. The van der Waals surface area contributed by atoms with Crippen LogP contribution in [0.4, 0.5) is 0 Å². The monoisotopic (exact) mass is 286 g/mol. The number of carbonyl (C=O) groups is 2. The zero-order valence-corrected chi connectivity index (χ0v) is 12.3. The van der Waals surface area contributed by atoms with E-state index >= 15 is 0 Å². The summed E-state index contributed by atoms with van der Waals surface area (Å²) in [6, 6.07) is -1.49. The molecule has 2 amide bonds. The number of rotatable bonds is 7. The maximum atomic E-state index is 11.9. The van der Waals surface area contributed by atoms with E-state index in [2.05, 4.69) is 10.3 Å². The van der Waals surface area contributed by atoms with E-state index in [0.29, 0.717) is 19.4 Å². The standard InChI is InChI=1S/C12H26N6O2/c1-12(2,3)8(9(14)19)18-10(20)7(13)5-4-6-17-11(15)16/h7-8H,4-6,13H2,1-3H3,(H2,14,19)(H,18,20)(H4,15,16,17). The van der Waals surface area contributed by atoms with Gasteiger partial charge in [0.1, 0.15) is 6.04 Å². The van der Waals surface area contributed by atoms with Crippen molar-refractivity contribution in [3.8, 4) is 0 Å². The average Bonchev–Trinajstić information content (AvgIpc) is 2.28. The highest BCUT2D eigenvalue weighted by Gasteiger charge is 2.32. The van der Waals surface area contributed by atoms with Crippen LogP contribution in [-0.2, 0) is 9.59 Å². The summed E-state index contributed by atoms with van der Waals surface area (Å²) in [7, 11) is 0. The SMILES string of the molecule is CC(C)(C)C(NC(=O)C(N)CCCN=C(N)N)C(N)=O. The second-order valence-electron chi connectivity index (χ2n) is 5.77. The predicted octanol–water partition coefficient (Wildman–Crippen LogP) is -1.62. The van der Waals surface area contributed by atoms with Gasteiger partial charge in [-0.25, -0.2) is 0 Å². The highest BCUT2D eigenvalue weighted by molar-refractivity contribution is 5.89. The maximum absolute atomic E-state index is 11.9. The number of aliphatic imine (C=N–C) groups is 1. The number of hydrogen-bond acceptors (Lipinski definition) is 4. The Morgan fingerprint density at radius 2 is 1.75 bits per heavy atom. The molecule has 0 aromatic heterocycles. The van der Waals surface area contributed by atoms with E-state index < -0.39 is 29.3 Å². The maximum Gasteiger partial charge on any atom is 0.240 e. The smallest absolute Gasteiger partial charge is 0.240 e. The van der Waals surface area contributed by atoms with E-state index in [-0.39, 0.29) is 5.96 Å². The van der Waals surface area contributed by atoms with E-state index in [0.717, 1.165) is 0 Å². The van der Waals surface area contributed by atoms with Gasteiger partial charge in [0.25, 0.3) is 0 Å². The van der Waals surface area contributed by atoms with Gasteiger partial charge in [-0.3, -0.25) is 14.6 Å². The number of nitrogens with one attached hydrogen (secondary N) is 1. The Morgan fingerprint density at radius 1 is 1.20 bits per heavy atom. The highest BCUT2D eigenvalue weighted by atomic mass is 16.2. The lowest BCUT2D eigenvalue weighted by molar-refractivity contribution is -0.130. The van der Waals surface area contributed by atoms with Crippen molar-refractivity contribution in [1.82, 2.24) is 5.32 Å². The molecule has 0 fully saturated rings. The largest absolute Gasteiger partial charge is 0.370 e. The minimum Gasteiger partial charge on any atom is -0.370 e. The van der Waals surface area contributed by atoms with Crippen molar-refractivity contribution in [2.45, 2.75) is 45.7 Å². The second kappa shape index (κ2) is 7.68. The molecule has 0 saturated heterocycles. The number of primary amides is 1. The molecule has 0 heterocycles. The first-order valence-electron chi connectivity index (χ1n) is 6.46. The highest BCUT2D eigenvalue weighted by Crippen LogP contribution is 2.19. The molecule has 0 saturated carbocycles. The lowest BCUT2D eigenvalue weighted by atomic mass is 9.86. The molecule has 0 aromatic carbocycles. The topological polar surface area (TPSA) is 163 Å². The summed E-state index contributed by atoms with van der Waals surface area (Å²) in [6.45, 7) is 5.84. The molecule has 0 radical (unpaired) electrons. The van der Waals surface area contributed by atoms with E-state index in [1.165, 1.54) is 0 Å². The second-order valence-corrected chi connectivity index (χ2v) is 5.77. The molecule has 116 valence electrons. The van der Waals surface area contributed by atoms with Crippen molar-refractivity contribution in [3.05, 3.63) is 0 Å². The minimum atomic E-state index is -0.765. The van der Waals surface area contributed by atoms with Gasteiger partial charge in [-0.05, 0) is 18.3 Å². The summed E-state index contributed by atoms with van der Waals surface area (Å²) >= 11 is 0. The summed E-state index contributed by atoms with van der Waals surface area (Å²) in [5, 5.41) is 2.58. The number of amides is 2. The quantitative estimate of drug-likeness (QED) is 0.215. The van der Waals surface area contributed by atoms with Crippen LogP contribution in [-0.4, -0.2) is 36.4 Å². The van der Waals surface area contributed by atoms with Gasteiger partial charge in [0.2, 0.25) is 11.8 Å². The van der Waals surface area contributed by atoms with Gasteiger partial charge < -0.3 is 28.3 Å². The molecular formula is C12H26N6O2. The Morgan fingerprint density at radius 3 is 2.15 bits per heavy atom. The molecule has 0 aliphatic heterocycles. The zero-order valence-electron chi connectivity index (χ0n) is 12.3. The van der Waals surface area contributed by atoms with Crippen LogP contribution in [0.2, 0.25) is 0 Å². The minimum absolute atomic E-state index is 0.00421. The summed E-state index contributed by atoms with van der Waals surface area (Å²) < 4.78 is 0. The summed E-state index contributed by atoms with van der Waals surface area (Å²) in [5.41, 5.74) is 20.9. The molecule has 20 heavy (non-hydrogen) atoms. The van der Waals surface area contributed by atoms with E-state index in [9.17, 15) is 9.59 Å². The summed E-state index contributed by atoms with van der Waals surface area (Å²) in [4.78, 5) is 27.1. The lowest BCUT2D eigenvalue weighted by Gasteiger charge is -2.29. The van der Waals surface area contributed by atoms with Crippen LogP contribution in [0.15, 0.2) is 4.99 Å². The third-order valence-electron chi connectivity index (χ3n) is 2.74. The average molecular weight is 286 g/mol. The van der Waals surface area contributed by atoms with Crippen molar-refractivity contribution in [1.29, 1.82) is 0 Å². The van der Waals surface area contributed by atoms with Gasteiger partial charge in [-0.15, -0.1) is 0 Å². The van der Waals surface area contributed by atoms with Crippen LogP contribution < -0.4 is 28.3 Å². The van der Waals surface area contributed by atoms with Crippen LogP contribution in [0.3, 0.4) is 0 Å². The van der Waals surface area contributed by atoms with Crippen LogP contribution in [0, 0.1) is 5.41 Å². The van der Waals surface area contributed by atoms with Gasteiger partial charge >= 0.3 is 0 Å². The zero-order chi connectivity index (χ0) is 15.9. The Labute approximate surface area is 119 Å². The fourth-order valence-corrected chi connectivity index (χ4v) is 1.61. The van der Waals surface area contributed by atoms with Crippen molar-refractivity contribution in [2.75, 3.05) is 6.54 Å². The summed E-state index contributed by atoms with van der Waals surface area (Å²) in [6.07, 6.45) is 0.988. The third kappa shape index (κ3) is 6.93. The summed E-state index contributed by atoms with van der Waals surface area (Å²) in [5.74, 6) is -0.989. The molecule has 9 N–H and O–H groups in total. The van der Waals surface area contributed by atoms with Gasteiger partial charge in [0.15, 0.2) is 5.96 Å². The Hall–Kier alpha value is -1.83. The molecule has 0 bridgehead atoms. The Balaban J connectivity index is 4.37. The predicted molar refractivity (Wildman–Crippen MR) is 78.5 cm³/mol. The number of nitrogens with two attached hydrogens (primary N) is 4. The van der Waals surface area contributed by atoms with Crippen LogP contribution in [0.5, 0.6) is 0 Å². The molecule has 0 rings (SSSR count). The molecule has 8 heteroatoms. The number of carbonyl (C=O) groups excluding carboxylic acids is 2. The molecule has 8 nitrogen and oxygen atoms in total. The van der Waals surface area contributed by atoms with Crippen molar-refractivity contribution in [2.24, 2.45) is 33.3 Å². The van der Waals surface area contributed by atoms with E-state index in [1.54, 1.807) is 0 Å². The lowest BCUT2D eigenvalue weighted by Crippen LogP contribution is -2.55. The van der Waals surface area contributed by atoms with E-state index in [1.807, 2.05) is 20.8 Å². The Bertz CT molecular complexity index is 371. The fraction of sp³-hybridized carbons (Fsp3) is 0.750. The normalized spacial score (nSPS) is 14.2. The molecule has 0 aliphatic carbocycles. The molecular weight excluding hydrogens is 260 g/mol. The first-order chi connectivity index (χ1) is 9.05. The third-order valence-corrected chi connectivity index (χ3v) is 2.74. The van der Waals surface area contributed by atoms with Gasteiger partial charge in [0, 0.05) is 6.54 Å². The molecule has 0 aromatic rings. The van der Waals surface area contributed by atoms with Crippen LogP contribution in [0.25, 0.3) is 0 Å². The fourth-order valence-electron chi connectivity index (χ4n) is 1.61. The van der Waals surface area contributed by atoms with Crippen LogP contribution >= 0.6 is 0 Å². The first-order valence-corrected chi connectivity index (χ1v) is 6.46. The van der Waals surface area contributed by atoms with Crippen molar-refractivity contribution in [3.63, 3.8) is 0 Å². The van der Waals surface area contributed by atoms with Gasteiger partial charge in [-0.2, -0.15) is 0 Å². The number of hydrogen-bond donors (Lipinski definition) is 5. The number of nitrogens with zero attached hydrogens (tertiary/aromatic N) is 1. The number of guanidine groups is 1. The molecule has 2 unspecified atom stereocenters. The van der Waals surface area contributed by atoms with E-state index in [4.69, 9.17) is 22.9 Å². The van der Waals surface area contributed by atoms with Crippen LogP contribution in [0.1, 0.15) is 33.6 Å². The Kier molecular flexibility index (Phi) is 6.98. The first kappa shape index (κ1) is 18.2. The van der Waals surface area contributed by atoms with Crippen molar-refractivity contribution < 1.29 is 9.59 Å². The van der Waals surface area contributed by atoms with Crippen molar-refractivity contribution >= 4 is 17.8 Å². The molecule has 2 atom stereocenters.